The first-order chi connectivity index (χ1) is 17.7. The summed E-state index contributed by atoms with van der Waals surface area (Å²) in [5.41, 5.74) is 1.39. The highest BCUT2D eigenvalue weighted by Gasteiger charge is 2.48. The van der Waals surface area contributed by atoms with Crippen molar-refractivity contribution >= 4 is 23.0 Å². The predicted molar refractivity (Wildman–Crippen MR) is 145 cm³/mol. The average Bonchev–Trinajstić information content (AvgIpc) is 3.26. The summed E-state index contributed by atoms with van der Waals surface area (Å²) in [7, 11) is 0. The zero-order chi connectivity index (χ0) is 27.9. The lowest BCUT2D eigenvalue weighted by molar-refractivity contribution is -0.164. The summed E-state index contributed by atoms with van der Waals surface area (Å²) in [5, 5.41) is 5.53. The van der Waals surface area contributed by atoms with Crippen LogP contribution in [0, 0.1) is 5.82 Å². The fourth-order valence-electron chi connectivity index (χ4n) is 5.13. The molecule has 0 bridgehead atoms. The number of benzene rings is 2. The van der Waals surface area contributed by atoms with Crippen LogP contribution in [0.25, 0.3) is 16.6 Å². The molecule has 0 radical (unpaired) electrons. The second-order valence-electron chi connectivity index (χ2n) is 12.0. The molecule has 1 aromatic heterocycles. The SMILES string of the molecule is CCc1c(C2(C(=O)OC(C)(C)C)CCN(C(=O)OC(C)(C)C)CC2)ccc2c1cnn2-c1ccc(F)cc1. The van der Waals surface area contributed by atoms with E-state index in [1.807, 2.05) is 53.7 Å². The van der Waals surface area contributed by atoms with Crippen molar-refractivity contribution in [3.8, 4) is 5.69 Å². The third-order valence-electron chi connectivity index (χ3n) is 6.86. The van der Waals surface area contributed by atoms with E-state index in [1.165, 1.54) is 12.1 Å². The highest BCUT2D eigenvalue weighted by Crippen LogP contribution is 2.42. The number of likely N-dealkylation sites (tertiary alicyclic amines) is 1. The fraction of sp³-hybridized carbons (Fsp3) is 0.500. The van der Waals surface area contributed by atoms with Gasteiger partial charge in [0.05, 0.1) is 22.8 Å². The van der Waals surface area contributed by atoms with Gasteiger partial charge in [0.1, 0.15) is 17.0 Å². The summed E-state index contributed by atoms with van der Waals surface area (Å²) in [5.74, 6) is -0.590. The van der Waals surface area contributed by atoms with Crippen LogP contribution in [0.1, 0.15) is 72.4 Å². The lowest BCUT2D eigenvalue weighted by Gasteiger charge is -2.42. The van der Waals surface area contributed by atoms with E-state index in [-0.39, 0.29) is 17.9 Å². The Morgan fingerprint density at radius 3 is 2.11 bits per heavy atom. The minimum Gasteiger partial charge on any atom is -0.459 e. The van der Waals surface area contributed by atoms with Crippen LogP contribution >= 0.6 is 0 Å². The molecule has 38 heavy (non-hydrogen) atoms. The molecule has 1 amide bonds. The number of fused-ring (bicyclic) bond motifs is 1. The van der Waals surface area contributed by atoms with Crippen LogP contribution in [0.5, 0.6) is 0 Å². The van der Waals surface area contributed by atoms with Gasteiger partial charge >= 0.3 is 12.1 Å². The standard InChI is InChI=1S/C30H38FN3O4/c1-8-22-23-19-32-34(21-11-9-20(31)10-12-21)25(23)14-13-24(22)30(26(35)37-28(2,3)4)15-17-33(18-16-30)27(36)38-29(5,6)7/h9-14,19H,8,15-18H2,1-7H3. The molecule has 2 heterocycles. The number of esters is 1. The van der Waals surface area contributed by atoms with Gasteiger partial charge < -0.3 is 14.4 Å². The Kier molecular flexibility index (Phi) is 7.30. The van der Waals surface area contributed by atoms with Gasteiger partial charge in [0.25, 0.3) is 0 Å². The van der Waals surface area contributed by atoms with E-state index in [0.29, 0.717) is 32.4 Å². The molecule has 3 aromatic rings. The molecule has 1 fully saturated rings. The van der Waals surface area contributed by atoms with Crippen molar-refractivity contribution < 1.29 is 23.5 Å². The Balaban J connectivity index is 1.77. The predicted octanol–water partition coefficient (Wildman–Crippen LogP) is 6.34. The molecular weight excluding hydrogens is 485 g/mol. The van der Waals surface area contributed by atoms with E-state index in [9.17, 15) is 14.0 Å². The van der Waals surface area contributed by atoms with Gasteiger partial charge in [-0.05, 0) is 102 Å². The molecule has 0 saturated carbocycles. The van der Waals surface area contributed by atoms with Crippen molar-refractivity contribution in [1.82, 2.24) is 14.7 Å². The molecule has 8 heteroatoms. The second kappa shape index (κ2) is 10.0. The lowest BCUT2D eigenvalue weighted by atomic mass is 9.70. The number of hydrogen-bond donors (Lipinski definition) is 0. The number of ether oxygens (including phenoxy) is 2. The molecule has 4 rings (SSSR count). The molecule has 1 aliphatic rings. The van der Waals surface area contributed by atoms with Gasteiger partial charge in [-0.1, -0.05) is 13.0 Å². The van der Waals surface area contributed by atoms with Crippen LogP contribution in [-0.4, -0.2) is 51.0 Å². The first kappa shape index (κ1) is 27.6. The van der Waals surface area contributed by atoms with Crippen molar-refractivity contribution in [1.29, 1.82) is 0 Å². The molecule has 0 spiro atoms. The van der Waals surface area contributed by atoms with Crippen LogP contribution in [0.4, 0.5) is 9.18 Å². The van der Waals surface area contributed by atoms with E-state index < -0.39 is 16.6 Å². The monoisotopic (exact) mass is 523 g/mol. The van der Waals surface area contributed by atoms with Crippen molar-refractivity contribution in [2.75, 3.05) is 13.1 Å². The van der Waals surface area contributed by atoms with Crippen LogP contribution in [0.3, 0.4) is 0 Å². The van der Waals surface area contributed by atoms with Crippen LogP contribution in [-0.2, 0) is 26.1 Å². The van der Waals surface area contributed by atoms with E-state index in [1.54, 1.807) is 27.9 Å². The molecule has 7 nitrogen and oxygen atoms in total. The molecule has 1 saturated heterocycles. The summed E-state index contributed by atoms with van der Waals surface area (Å²) in [6.07, 6.45) is 2.96. The number of halogens is 1. The van der Waals surface area contributed by atoms with Crippen LogP contribution in [0.15, 0.2) is 42.6 Å². The second-order valence-corrected chi connectivity index (χ2v) is 12.0. The molecule has 204 valence electrons. The van der Waals surface area contributed by atoms with E-state index in [2.05, 4.69) is 12.0 Å². The summed E-state index contributed by atoms with van der Waals surface area (Å²) in [6, 6.07) is 10.2. The van der Waals surface area contributed by atoms with Gasteiger partial charge in [-0.3, -0.25) is 4.79 Å². The molecular formula is C30H38FN3O4. The van der Waals surface area contributed by atoms with Crippen molar-refractivity contribution in [2.24, 2.45) is 0 Å². The number of nitrogens with zero attached hydrogens (tertiary/aromatic N) is 3. The summed E-state index contributed by atoms with van der Waals surface area (Å²) in [4.78, 5) is 28.3. The van der Waals surface area contributed by atoms with E-state index >= 15 is 0 Å². The largest absolute Gasteiger partial charge is 0.459 e. The average molecular weight is 524 g/mol. The highest BCUT2D eigenvalue weighted by atomic mass is 19.1. The minimum atomic E-state index is -0.913. The molecule has 0 aliphatic carbocycles. The number of piperidine rings is 1. The third kappa shape index (κ3) is 5.54. The smallest absolute Gasteiger partial charge is 0.410 e. The van der Waals surface area contributed by atoms with Gasteiger partial charge in [-0.2, -0.15) is 5.10 Å². The van der Waals surface area contributed by atoms with Crippen molar-refractivity contribution in [3.05, 3.63) is 59.5 Å². The topological polar surface area (TPSA) is 73.7 Å². The Morgan fingerprint density at radius 1 is 0.947 bits per heavy atom. The minimum absolute atomic E-state index is 0.284. The number of carbonyl (C=O) groups is 2. The molecule has 0 unspecified atom stereocenters. The van der Waals surface area contributed by atoms with Gasteiger partial charge in [0.15, 0.2) is 0 Å². The Bertz CT molecular complexity index is 1320. The number of rotatable bonds is 4. The van der Waals surface area contributed by atoms with E-state index in [4.69, 9.17) is 9.47 Å². The Labute approximate surface area is 223 Å². The Morgan fingerprint density at radius 2 is 1.55 bits per heavy atom. The van der Waals surface area contributed by atoms with Gasteiger partial charge in [0.2, 0.25) is 0 Å². The summed E-state index contributed by atoms with van der Waals surface area (Å²) in [6.45, 7) is 13.9. The Hall–Kier alpha value is -3.42. The molecule has 2 aromatic carbocycles. The van der Waals surface area contributed by atoms with Gasteiger partial charge in [-0.25, -0.2) is 13.9 Å². The highest BCUT2D eigenvalue weighted by molar-refractivity contribution is 5.90. The number of carbonyl (C=O) groups excluding carboxylic acids is 2. The van der Waals surface area contributed by atoms with Gasteiger partial charge in [-0.15, -0.1) is 0 Å². The number of amides is 1. The first-order valence-corrected chi connectivity index (χ1v) is 13.2. The summed E-state index contributed by atoms with van der Waals surface area (Å²) >= 11 is 0. The van der Waals surface area contributed by atoms with E-state index in [0.717, 1.165) is 27.7 Å². The maximum atomic E-state index is 13.9. The maximum absolute atomic E-state index is 13.9. The number of aromatic nitrogens is 2. The first-order valence-electron chi connectivity index (χ1n) is 13.2. The zero-order valence-electron chi connectivity index (χ0n) is 23.4. The molecule has 0 atom stereocenters. The maximum Gasteiger partial charge on any atom is 0.410 e. The van der Waals surface area contributed by atoms with Crippen LogP contribution < -0.4 is 0 Å². The lowest BCUT2D eigenvalue weighted by Crippen LogP contribution is -2.52. The number of hydrogen-bond acceptors (Lipinski definition) is 5. The molecule has 0 N–H and O–H groups in total. The quantitative estimate of drug-likeness (QED) is 0.373. The number of aryl methyl sites for hydroxylation is 1. The van der Waals surface area contributed by atoms with Crippen LogP contribution in [0.2, 0.25) is 0 Å². The normalized spacial score (nSPS) is 15.9. The van der Waals surface area contributed by atoms with Crippen molar-refractivity contribution in [2.45, 2.75) is 84.3 Å². The zero-order valence-corrected chi connectivity index (χ0v) is 23.4. The summed E-state index contributed by atoms with van der Waals surface area (Å²) < 4.78 is 26.9. The fourth-order valence-corrected chi connectivity index (χ4v) is 5.13. The molecule has 1 aliphatic heterocycles. The van der Waals surface area contributed by atoms with Gasteiger partial charge in [0, 0.05) is 18.5 Å². The van der Waals surface area contributed by atoms with Crippen molar-refractivity contribution in [3.63, 3.8) is 0 Å². The third-order valence-corrected chi connectivity index (χ3v) is 6.86.